The zero-order valence-electron chi connectivity index (χ0n) is 6.93. The first-order valence-corrected chi connectivity index (χ1v) is 3.51. The zero-order chi connectivity index (χ0) is 7.98. The predicted octanol–water partition coefficient (Wildman–Crippen LogP) is -8.04. The lowest BCUT2D eigenvalue weighted by Crippen LogP contribution is -3.00. The summed E-state index contributed by atoms with van der Waals surface area (Å²) in [5.74, 6) is -0.344. The minimum atomic E-state index is -0.730. The van der Waals surface area contributed by atoms with E-state index >= 15 is 0 Å². The lowest BCUT2D eigenvalue weighted by atomic mass is 10.0. The van der Waals surface area contributed by atoms with Crippen molar-refractivity contribution in [3.8, 4) is 0 Å². The summed E-state index contributed by atoms with van der Waals surface area (Å²) in [4.78, 5) is 10.1. The molecule has 0 rings (SSSR count). The van der Waals surface area contributed by atoms with Gasteiger partial charge in [0.15, 0.2) is 0 Å². The number of aliphatic carboxylic acids is 1. The van der Waals surface area contributed by atoms with Gasteiger partial charge in [0.05, 0.1) is 19.0 Å². The molecule has 0 aromatic carbocycles. The van der Waals surface area contributed by atoms with Gasteiger partial charge in [-0.25, -0.2) is 0 Å². The van der Waals surface area contributed by atoms with Gasteiger partial charge in [-0.15, -0.1) is 0 Å². The quantitative estimate of drug-likeness (QED) is 0.428. The molecule has 0 aliphatic rings. The fourth-order valence-corrected chi connectivity index (χ4v) is 0.761. The maximum atomic E-state index is 10.1. The topological polar surface area (TPSA) is 92.6 Å². The molecule has 0 bridgehead atoms. The number of rotatable bonds is 5. The standard InChI is InChI=1S/C6H14N2O2.2ClH/c7-3-5(4-8)1-2-6(9)10;;/h5H,1-4,7-8H2,(H,9,10);2*1H. The van der Waals surface area contributed by atoms with Gasteiger partial charge in [-0.1, -0.05) is 0 Å². The van der Waals surface area contributed by atoms with Crippen molar-refractivity contribution in [3.63, 3.8) is 0 Å². The van der Waals surface area contributed by atoms with Gasteiger partial charge in [0.2, 0.25) is 0 Å². The van der Waals surface area contributed by atoms with Gasteiger partial charge < -0.3 is 41.4 Å². The molecule has 0 saturated carbocycles. The van der Waals surface area contributed by atoms with E-state index in [2.05, 4.69) is 11.5 Å². The third kappa shape index (κ3) is 9.97. The number of carboxylic acid groups (broad SMARTS) is 1. The molecule has 0 radical (unpaired) electrons. The second-order valence-corrected chi connectivity index (χ2v) is 2.38. The Morgan fingerprint density at radius 2 is 1.67 bits per heavy atom. The molecule has 6 heteroatoms. The highest BCUT2D eigenvalue weighted by molar-refractivity contribution is 5.66. The molecule has 76 valence electrons. The average Bonchev–Trinajstić information content (AvgIpc) is 1.90. The number of hydrogen-bond donors (Lipinski definition) is 3. The molecule has 0 fully saturated rings. The lowest BCUT2D eigenvalue weighted by Gasteiger charge is -2.04. The molecule has 0 spiro atoms. The Balaban J connectivity index is -0.000000405. The van der Waals surface area contributed by atoms with Crippen molar-refractivity contribution in [2.75, 3.05) is 13.1 Å². The van der Waals surface area contributed by atoms with Crippen molar-refractivity contribution in [2.24, 2.45) is 5.92 Å². The molecule has 12 heavy (non-hydrogen) atoms. The third-order valence-electron chi connectivity index (χ3n) is 1.58. The molecule has 0 heterocycles. The SMILES string of the molecule is [Cl-].[Cl-].[NH3+]CC(C[NH3+])CCC(=O)O. The Bertz CT molecular complexity index is 110. The van der Waals surface area contributed by atoms with Crippen LogP contribution >= 0.6 is 0 Å². The summed E-state index contributed by atoms with van der Waals surface area (Å²) in [5.41, 5.74) is 7.40. The minimum absolute atomic E-state index is 0. The monoisotopic (exact) mass is 218 g/mol. The van der Waals surface area contributed by atoms with E-state index in [0.29, 0.717) is 12.3 Å². The fraction of sp³-hybridized carbons (Fsp3) is 0.833. The largest absolute Gasteiger partial charge is 1.00 e. The summed E-state index contributed by atoms with van der Waals surface area (Å²) in [7, 11) is 0. The number of halogens is 2. The van der Waals surface area contributed by atoms with Gasteiger partial charge in [-0.3, -0.25) is 4.79 Å². The summed E-state index contributed by atoms with van der Waals surface area (Å²) < 4.78 is 0. The molecule has 0 aromatic rings. The fourth-order valence-electron chi connectivity index (χ4n) is 0.761. The van der Waals surface area contributed by atoms with Gasteiger partial charge in [0.25, 0.3) is 0 Å². The highest BCUT2D eigenvalue weighted by Crippen LogP contribution is 2.00. The van der Waals surface area contributed by atoms with Crippen LogP contribution in [0.2, 0.25) is 0 Å². The Hall–Kier alpha value is -0.0300. The smallest absolute Gasteiger partial charge is 0.303 e. The van der Waals surface area contributed by atoms with Crippen molar-refractivity contribution in [1.82, 2.24) is 0 Å². The van der Waals surface area contributed by atoms with E-state index in [1.807, 2.05) is 0 Å². The van der Waals surface area contributed by atoms with Crippen LogP contribution in [0.4, 0.5) is 0 Å². The predicted molar refractivity (Wildman–Crippen MR) is 35.9 cm³/mol. The van der Waals surface area contributed by atoms with Crippen molar-refractivity contribution in [3.05, 3.63) is 0 Å². The minimum Gasteiger partial charge on any atom is -1.00 e. The van der Waals surface area contributed by atoms with Gasteiger partial charge in [-0.2, -0.15) is 0 Å². The van der Waals surface area contributed by atoms with E-state index in [0.717, 1.165) is 13.1 Å². The molecule has 0 aliphatic carbocycles. The molecule has 0 amide bonds. The van der Waals surface area contributed by atoms with Crippen LogP contribution < -0.4 is 36.3 Å². The highest BCUT2D eigenvalue weighted by atomic mass is 35.5. The maximum Gasteiger partial charge on any atom is 0.303 e. The summed E-state index contributed by atoms with van der Waals surface area (Å²) in [5, 5.41) is 8.31. The summed E-state index contributed by atoms with van der Waals surface area (Å²) in [6.45, 7) is 1.58. The number of carbonyl (C=O) groups is 1. The van der Waals surface area contributed by atoms with Crippen molar-refractivity contribution in [1.29, 1.82) is 0 Å². The normalized spacial score (nSPS) is 8.58. The van der Waals surface area contributed by atoms with E-state index in [9.17, 15) is 4.79 Å². The van der Waals surface area contributed by atoms with Crippen LogP contribution in [-0.2, 0) is 4.79 Å². The van der Waals surface area contributed by atoms with Crippen LogP contribution in [0.15, 0.2) is 0 Å². The van der Waals surface area contributed by atoms with Gasteiger partial charge >= 0.3 is 5.97 Å². The van der Waals surface area contributed by atoms with Crippen LogP contribution in [0.25, 0.3) is 0 Å². The van der Waals surface area contributed by atoms with E-state index in [1.54, 1.807) is 0 Å². The second-order valence-electron chi connectivity index (χ2n) is 2.38. The van der Waals surface area contributed by atoms with E-state index < -0.39 is 5.97 Å². The summed E-state index contributed by atoms with van der Waals surface area (Å²) in [6.07, 6.45) is 0.956. The number of quaternary nitrogens is 2. The number of hydrogen-bond acceptors (Lipinski definition) is 1. The van der Waals surface area contributed by atoms with Crippen LogP contribution in [0, 0.1) is 5.92 Å². The molecule has 0 aromatic heterocycles. The molecule has 0 atom stereocenters. The third-order valence-corrected chi connectivity index (χ3v) is 1.58. The van der Waals surface area contributed by atoms with Crippen LogP contribution in [0.5, 0.6) is 0 Å². The molecule has 0 aliphatic heterocycles. The second kappa shape index (κ2) is 11.0. The summed E-state index contributed by atoms with van der Waals surface area (Å²) in [6, 6.07) is 0. The lowest BCUT2D eigenvalue weighted by molar-refractivity contribution is -0.422. The molecule has 4 nitrogen and oxygen atoms in total. The maximum absolute atomic E-state index is 10.1. The van der Waals surface area contributed by atoms with Crippen molar-refractivity contribution < 1.29 is 46.2 Å². The first-order valence-electron chi connectivity index (χ1n) is 3.51. The summed E-state index contributed by atoms with van der Waals surface area (Å²) >= 11 is 0. The Morgan fingerprint density at radius 3 is 1.92 bits per heavy atom. The van der Waals surface area contributed by atoms with Crippen molar-refractivity contribution >= 4 is 5.97 Å². The van der Waals surface area contributed by atoms with Gasteiger partial charge in [0, 0.05) is 6.42 Å². The number of carboxylic acids is 1. The van der Waals surface area contributed by atoms with Crippen LogP contribution in [-0.4, -0.2) is 24.2 Å². The highest BCUT2D eigenvalue weighted by Gasteiger charge is 2.09. The van der Waals surface area contributed by atoms with E-state index in [4.69, 9.17) is 5.11 Å². The Morgan fingerprint density at radius 1 is 1.25 bits per heavy atom. The van der Waals surface area contributed by atoms with Crippen LogP contribution in [0.1, 0.15) is 12.8 Å². The van der Waals surface area contributed by atoms with E-state index in [1.165, 1.54) is 0 Å². The Labute approximate surface area is 84.5 Å². The average molecular weight is 219 g/mol. The first kappa shape index (κ1) is 17.9. The molecule has 0 saturated heterocycles. The molecular weight excluding hydrogens is 203 g/mol. The first-order chi connectivity index (χ1) is 4.70. The zero-order valence-corrected chi connectivity index (χ0v) is 8.44. The van der Waals surface area contributed by atoms with Gasteiger partial charge in [-0.05, 0) is 6.42 Å². The molecule has 0 unspecified atom stereocenters. The van der Waals surface area contributed by atoms with E-state index in [-0.39, 0.29) is 31.2 Å². The Kier molecular flexibility index (Phi) is 16.4. The van der Waals surface area contributed by atoms with Gasteiger partial charge in [0.1, 0.15) is 0 Å². The van der Waals surface area contributed by atoms with Crippen LogP contribution in [0.3, 0.4) is 0 Å². The molecule has 7 N–H and O–H groups in total. The van der Waals surface area contributed by atoms with Crippen molar-refractivity contribution in [2.45, 2.75) is 12.8 Å². The molecular formula is C6H16Cl2N2O2.